The fourth-order valence-corrected chi connectivity index (χ4v) is 1.98. The maximum atomic E-state index is 13.5. The van der Waals surface area contributed by atoms with Crippen molar-refractivity contribution >= 4 is 5.69 Å². The van der Waals surface area contributed by atoms with Crippen LogP contribution in [0.2, 0.25) is 0 Å². The second-order valence-corrected chi connectivity index (χ2v) is 4.76. The van der Waals surface area contributed by atoms with Gasteiger partial charge in [0.05, 0.1) is 7.11 Å². The molecular weight excluding hydrogens is 257 g/mol. The molecule has 0 aliphatic heterocycles. The van der Waals surface area contributed by atoms with Crippen molar-refractivity contribution in [2.24, 2.45) is 0 Å². The number of halogens is 1. The molecule has 1 unspecified atom stereocenters. The number of aryl methyl sites for hydroxylation is 1. The van der Waals surface area contributed by atoms with Gasteiger partial charge in [-0.05, 0) is 49.2 Å². The van der Waals surface area contributed by atoms with E-state index in [2.05, 4.69) is 5.32 Å². The average molecular weight is 275 g/mol. The van der Waals surface area contributed by atoms with Gasteiger partial charge in [0.25, 0.3) is 0 Å². The van der Waals surface area contributed by atoms with Crippen LogP contribution in [0.4, 0.5) is 10.1 Å². The number of phenolic OH excluding ortho intramolecular Hbond substituents is 1. The zero-order valence-electron chi connectivity index (χ0n) is 11.8. The molecule has 0 radical (unpaired) electrons. The van der Waals surface area contributed by atoms with E-state index in [4.69, 9.17) is 4.74 Å². The van der Waals surface area contributed by atoms with Gasteiger partial charge < -0.3 is 15.2 Å². The molecule has 0 heterocycles. The summed E-state index contributed by atoms with van der Waals surface area (Å²) in [5, 5.41) is 12.8. The molecule has 0 spiro atoms. The Labute approximate surface area is 118 Å². The van der Waals surface area contributed by atoms with Gasteiger partial charge in [-0.1, -0.05) is 12.1 Å². The minimum atomic E-state index is -0.231. The number of rotatable bonds is 4. The van der Waals surface area contributed by atoms with Crippen LogP contribution in [-0.2, 0) is 0 Å². The third-order valence-corrected chi connectivity index (χ3v) is 3.26. The summed E-state index contributed by atoms with van der Waals surface area (Å²) in [6, 6.07) is 10.2. The number of aromatic hydroxyl groups is 1. The van der Waals surface area contributed by atoms with Crippen LogP contribution < -0.4 is 10.1 Å². The molecule has 3 nitrogen and oxygen atoms in total. The number of anilines is 1. The molecule has 2 aromatic rings. The first-order chi connectivity index (χ1) is 9.51. The fourth-order valence-electron chi connectivity index (χ4n) is 1.98. The Morgan fingerprint density at radius 2 is 1.95 bits per heavy atom. The van der Waals surface area contributed by atoms with Gasteiger partial charge in [-0.3, -0.25) is 0 Å². The van der Waals surface area contributed by atoms with Crippen LogP contribution in [0.3, 0.4) is 0 Å². The molecule has 0 saturated carbocycles. The highest BCUT2D eigenvalue weighted by molar-refractivity contribution is 5.49. The van der Waals surface area contributed by atoms with E-state index >= 15 is 0 Å². The van der Waals surface area contributed by atoms with Crippen LogP contribution in [-0.4, -0.2) is 12.2 Å². The SMILES string of the molecule is COc1cc(C(C)Nc2ccc(C)c(F)c2)ccc1O. The minimum absolute atomic E-state index is 0.0355. The molecule has 0 bridgehead atoms. The van der Waals surface area contributed by atoms with Crippen LogP contribution in [0.25, 0.3) is 0 Å². The molecule has 1 atom stereocenters. The molecule has 0 aliphatic carbocycles. The number of hydrogen-bond acceptors (Lipinski definition) is 3. The summed E-state index contributed by atoms with van der Waals surface area (Å²) >= 11 is 0. The van der Waals surface area contributed by atoms with Crippen LogP contribution in [0.5, 0.6) is 11.5 Å². The molecule has 0 saturated heterocycles. The van der Waals surface area contributed by atoms with Crippen LogP contribution >= 0.6 is 0 Å². The topological polar surface area (TPSA) is 41.5 Å². The lowest BCUT2D eigenvalue weighted by molar-refractivity contribution is 0.373. The van der Waals surface area contributed by atoms with Crippen LogP contribution in [0.15, 0.2) is 36.4 Å². The van der Waals surface area contributed by atoms with Gasteiger partial charge in [0.1, 0.15) is 5.82 Å². The molecule has 106 valence electrons. The predicted octanol–water partition coefficient (Wildman–Crippen LogP) is 4.02. The molecule has 0 aliphatic rings. The number of methoxy groups -OCH3 is 1. The van der Waals surface area contributed by atoms with Crippen molar-refractivity contribution in [1.29, 1.82) is 0 Å². The molecule has 0 amide bonds. The summed E-state index contributed by atoms with van der Waals surface area (Å²) < 4.78 is 18.6. The highest BCUT2D eigenvalue weighted by atomic mass is 19.1. The van der Waals surface area contributed by atoms with Crippen molar-refractivity contribution in [3.05, 3.63) is 53.3 Å². The Kier molecular flexibility index (Phi) is 4.13. The zero-order chi connectivity index (χ0) is 14.7. The van der Waals surface area contributed by atoms with Crippen molar-refractivity contribution < 1.29 is 14.2 Å². The van der Waals surface area contributed by atoms with Crippen LogP contribution in [0, 0.1) is 12.7 Å². The van der Waals surface area contributed by atoms with Gasteiger partial charge in [-0.25, -0.2) is 4.39 Å². The lowest BCUT2D eigenvalue weighted by atomic mass is 10.1. The molecule has 0 fully saturated rings. The summed E-state index contributed by atoms with van der Waals surface area (Å²) in [6.07, 6.45) is 0. The van der Waals surface area contributed by atoms with Crippen LogP contribution in [0.1, 0.15) is 24.1 Å². The standard InChI is InChI=1S/C16H18FNO2/c1-10-4-6-13(9-14(10)17)18-11(2)12-5-7-15(19)16(8-12)20-3/h4-9,11,18-19H,1-3H3. The van der Waals surface area contributed by atoms with Crippen molar-refractivity contribution in [3.63, 3.8) is 0 Å². The Hall–Kier alpha value is -2.23. The molecule has 4 heteroatoms. The maximum Gasteiger partial charge on any atom is 0.160 e. The summed E-state index contributed by atoms with van der Waals surface area (Å²) in [5.41, 5.74) is 2.28. The van der Waals surface area contributed by atoms with Gasteiger partial charge in [-0.15, -0.1) is 0 Å². The smallest absolute Gasteiger partial charge is 0.160 e. The molecular formula is C16H18FNO2. The lowest BCUT2D eigenvalue weighted by Crippen LogP contribution is -2.07. The van der Waals surface area contributed by atoms with Crippen molar-refractivity contribution in [1.82, 2.24) is 0 Å². The first-order valence-corrected chi connectivity index (χ1v) is 6.41. The van der Waals surface area contributed by atoms with Crippen molar-refractivity contribution in [3.8, 4) is 11.5 Å². The van der Waals surface area contributed by atoms with Gasteiger partial charge in [-0.2, -0.15) is 0 Å². The highest BCUT2D eigenvalue weighted by Gasteiger charge is 2.10. The van der Waals surface area contributed by atoms with Crippen molar-refractivity contribution in [2.75, 3.05) is 12.4 Å². The Morgan fingerprint density at radius 3 is 2.60 bits per heavy atom. The Bertz CT molecular complexity index is 613. The van der Waals surface area contributed by atoms with E-state index in [-0.39, 0.29) is 17.6 Å². The van der Waals surface area contributed by atoms with E-state index in [1.54, 1.807) is 31.2 Å². The largest absolute Gasteiger partial charge is 0.504 e. The first-order valence-electron chi connectivity index (χ1n) is 6.41. The summed E-state index contributed by atoms with van der Waals surface area (Å²) in [7, 11) is 1.51. The normalized spacial score (nSPS) is 12.0. The van der Waals surface area contributed by atoms with E-state index in [0.717, 1.165) is 5.56 Å². The van der Waals surface area contributed by atoms with Gasteiger partial charge in [0.15, 0.2) is 11.5 Å². The molecule has 2 N–H and O–H groups in total. The highest BCUT2D eigenvalue weighted by Crippen LogP contribution is 2.30. The second kappa shape index (κ2) is 5.82. The number of benzene rings is 2. The Balaban J connectivity index is 2.19. The van der Waals surface area contributed by atoms with E-state index in [9.17, 15) is 9.50 Å². The first kappa shape index (κ1) is 14.2. The maximum absolute atomic E-state index is 13.5. The predicted molar refractivity (Wildman–Crippen MR) is 77.8 cm³/mol. The quantitative estimate of drug-likeness (QED) is 0.885. The second-order valence-electron chi connectivity index (χ2n) is 4.76. The van der Waals surface area contributed by atoms with Gasteiger partial charge >= 0.3 is 0 Å². The number of phenols is 1. The average Bonchev–Trinajstić information content (AvgIpc) is 2.43. The fraction of sp³-hybridized carbons (Fsp3) is 0.250. The third kappa shape index (κ3) is 3.02. The molecule has 20 heavy (non-hydrogen) atoms. The van der Waals surface area contributed by atoms with E-state index in [1.807, 2.05) is 13.0 Å². The molecule has 2 aromatic carbocycles. The molecule has 2 rings (SSSR count). The van der Waals surface area contributed by atoms with Gasteiger partial charge in [0.2, 0.25) is 0 Å². The monoisotopic (exact) mass is 275 g/mol. The number of hydrogen-bond donors (Lipinski definition) is 2. The van der Waals surface area contributed by atoms with E-state index in [1.165, 1.54) is 13.2 Å². The van der Waals surface area contributed by atoms with Gasteiger partial charge in [0, 0.05) is 11.7 Å². The zero-order valence-corrected chi connectivity index (χ0v) is 11.8. The lowest BCUT2D eigenvalue weighted by Gasteiger charge is -2.17. The summed E-state index contributed by atoms with van der Waals surface area (Å²) in [6.45, 7) is 3.69. The van der Waals surface area contributed by atoms with E-state index in [0.29, 0.717) is 17.0 Å². The minimum Gasteiger partial charge on any atom is -0.504 e. The number of nitrogens with one attached hydrogen (secondary N) is 1. The summed E-state index contributed by atoms with van der Waals surface area (Å²) in [5.74, 6) is 0.293. The molecule has 0 aromatic heterocycles. The van der Waals surface area contributed by atoms with E-state index < -0.39 is 0 Å². The third-order valence-electron chi connectivity index (χ3n) is 3.26. The Morgan fingerprint density at radius 1 is 1.20 bits per heavy atom. The number of ether oxygens (including phenoxy) is 1. The summed E-state index contributed by atoms with van der Waals surface area (Å²) in [4.78, 5) is 0. The van der Waals surface area contributed by atoms with Crippen molar-refractivity contribution in [2.45, 2.75) is 19.9 Å².